The van der Waals surface area contributed by atoms with E-state index in [2.05, 4.69) is 17.1 Å². The average Bonchev–Trinajstić information content (AvgIpc) is 2.14. The fourth-order valence-electron chi connectivity index (χ4n) is 2.08. The monoisotopic (exact) mass is 208 g/mol. The van der Waals surface area contributed by atoms with Crippen LogP contribution in [0.25, 0.3) is 0 Å². The summed E-state index contributed by atoms with van der Waals surface area (Å²) in [6.45, 7) is 4.39. The van der Waals surface area contributed by atoms with Crippen LogP contribution in [0.5, 0.6) is 0 Å². The van der Waals surface area contributed by atoms with Gasteiger partial charge in [-0.3, -0.25) is 4.90 Å². The van der Waals surface area contributed by atoms with Crippen LogP contribution in [-0.4, -0.2) is 25.0 Å². The molecule has 0 radical (unpaired) electrons. The SMILES string of the molecule is CNc1c(F)cccc1[C@H](C)N1CCC1. The molecule has 1 atom stereocenters. The third-order valence-corrected chi connectivity index (χ3v) is 3.18. The molecule has 1 aromatic rings. The minimum atomic E-state index is -0.164. The van der Waals surface area contributed by atoms with Gasteiger partial charge in [-0.05, 0) is 38.1 Å². The molecule has 0 aromatic heterocycles. The van der Waals surface area contributed by atoms with Crippen molar-refractivity contribution in [3.05, 3.63) is 29.6 Å². The number of rotatable bonds is 3. The van der Waals surface area contributed by atoms with Gasteiger partial charge in [0.25, 0.3) is 0 Å². The van der Waals surface area contributed by atoms with Crippen LogP contribution in [0.3, 0.4) is 0 Å². The molecular weight excluding hydrogens is 191 g/mol. The fraction of sp³-hybridized carbons (Fsp3) is 0.500. The molecule has 0 bridgehead atoms. The van der Waals surface area contributed by atoms with Gasteiger partial charge in [-0.2, -0.15) is 0 Å². The summed E-state index contributed by atoms with van der Waals surface area (Å²) in [7, 11) is 1.77. The molecular formula is C12H17FN2. The van der Waals surface area contributed by atoms with Gasteiger partial charge in [0.05, 0.1) is 5.69 Å². The molecule has 82 valence electrons. The van der Waals surface area contributed by atoms with E-state index >= 15 is 0 Å². The van der Waals surface area contributed by atoms with Crippen molar-refractivity contribution < 1.29 is 4.39 Å². The molecule has 1 aliphatic rings. The first kappa shape index (κ1) is 10.4. The summed E-state index contributed by atoms with van der Waals surface area (Å²) < 4.78 is 13.5. The zero-order chi connectivity index (χ0) is 10.8. The maximum atomic E-state index is 13.5. The number of nitrogens with zero attached hydrogens (tertiary/aromatic N) is 1. The molecule has 1 fully saturated rings. The predicted molar refractivity (Wildman–Crippen MR) is 60.6 cm³/mol. The van der Waals surface area contributed by atoms with E-state index in [0.717, 1.165) is 18.7 Å². The van der Waals surface area contributed by atoms with Crippen molar-refractivity contribution in [2.24, 2.45) is 0 Å². The first-order valence-corrected chi connectivity index (χ1v) is 5.44. The molecule has 2 nitrogen and oxygen atoms in total. The summed E-state index contributed by atoms with van der Waals surface area (Å²) >= 11 is 0. The molecule has 0 spiro atoms. The highest BCUT2D eigenvalue weighted by atomic mass is 19.1. The maximum Gasteiger partial charge on any atom is 0.146 e. The molecule has 0 aliphatic carbocycles. The number of likely N-dealkylation sites (tertiary alicyclic amines) is 1. The molecule has 1 saturated heterocycles. The first-order chi connectivity index (χ1) is 7.24. The molecule has 0 saturated carbocycles. The van der Waals surface area contributed by atoms with E-state index in [-0.39, 0.29) is 5.82 Å². The van der Waals surface area contributed by atoms with Gasteiger partial charge in [-0.25, -0.2) is 4.39 Å². The highest BCUT2D eigenvalue weighted by Gasteiger charge is 2.23. The van der Waals surface area contributed by atoms with Gasteiger partial charge in [0.15, 0.2) is 0 Å². The minimum Gasteiger partial charge on any atom is -0.385 e. The highest BCUT2D eigenvalue weighted by Crippen LogP contribution is 2.31. The van der Waals surface area contributed by atoms with Crippen molar-refractivity contribution in [1.29, 1.82) is 0 Å². The summed E-state index contributed by atoms with van der Waals surface area (Å²) in [6, 6.07) is 5.58. The van der Waals surface area contributed by atoms with Crippen molar-refractivity contribution in [2.75, 3.05) is 25.5 Å². The summed E-state index contributed by atoms with van der Waals surface area (Å²) in [5.41, 5.74) is 1.69. The van der Waals surface area contributed by atoms with Crippen molar-refractivity contribution in [3.63, 3.8) is 0 Å². The van der Waals surface area contributed by atoms with Crippen LogP contribution in [0, 0.1) is 5.82 Å². The third kappa shape index (κ3) is 1.84. The highest BCUT2D eigenvalue weighted by molar-refractivity contribution is 5.53. The van der Waals surface area contributed by atoms with Crippen molar-refractivity contribution in [3.8, 4) is 0 Å². The summed E-state index contributed by atoms with van der Waals surface area (Å²) in [4.78, 5) is 2.36. The van der Waals surface area contributed by atoms with Gasteiger partial charge in [0.2, 0.25) is 0 Å². The van der Waals surface area contributed by atoms with Gasteiger partial charge in [-0.1, -0.05) is 12.1 Å². The van der Waals surface area contributed by atoms with Crippen LogP contribution in [0.4, 0.5) is 10.1 Å². The number of benzene rings is 1. The standard InChI is InChI=1S/C12H17FN2/c1-9(15-7-4-8-15)10-5-3-6-11(13)12(10)14-2/h3,5-6,9,14H,4,7-8H2,1-2H3/t9-/m0/s1. The third-order valence-electron chi connectivity index (χ3n) is 3.18. The zero-order valence-electron chi connectivity index (χ0n) is 9.26. The van der Waals surface area contributed by atoms with E-state index in [4.69, 9.17) is 0 Å². The average molecular weight is 208 g/mol. The number of para-hydroxylation sites is 1. The fourth-order valence-corrected chi connectivity index (χ4v) is 2.08. The van der Waals surface area contributed by atoms with Crippen LogP contribution in [0.2, 0.25) is 0 Å². The largest absolute Gasteiger partial charge is 0.385 e. The van der Waals surface area contributed by atoms with Gasteiger partial charge in [0, 0.05) is 13.1 Å². The Morgan fingerprint density at radius 3 is 2.67 bits per heavy atom. The molecule has 1 N–H and O–H groups in total. The summed E-state index contributed by atoms with van der Waals surface area (Å²) in [5.74, 6) is -0.164. The zero-order valence-corrected chi connectivity index (χ0v) is 9.26. The molecule has 0 amide bonds. The molecule has 1 aliphatic heterocycles. The van der Waals surface area contributed by atoms with Crippen molar-refractivity contribution >= 4 is 5.69 Å². The summed E-state index contributed by atoms with van der Waals surface area (Å²) in [6.07, 6.45) is 1.26. The Balaban J connectivity index is 2.29. The lowest BCUT2D eigenvalue weighted by atomic mass is 10.0. The lowest BCUT2D eigenvalue weighted by molar-refractivity contribution is 0.129. The number of hydrogen-bond donors (Lipinski definition) is 1. The normalized spacial score (nSPS) is 18.3. The predicted octanol–water partition coefficient (Wildman–Crippen LogP) is 2.63. The first-order valence-electron chi connectivity index (χ1n) is 5.44. The van der Waals surface area contributed by atoms with Crippen LogP contribution in [0.1, 0.15) is 24.9 Å². The molecule has 1 aromatic carbocycles. The topological polar surface area (TPSA) is 15.3 Å². The lowest BCUT2D eigenvalue weighted by Gasteiger charge is -2.37. The van der Waals surface area contributed by atoms with E-state index in [0.29, 0.717) is 11.7 Å². The Kier molecular flexibility index (Phi) is 2.91. The molecule has 3 heteroatoms. The van der Waals surface area contributed by atoms with Crippen LogP contribution in [-0.2, 0) is 0 Å². The van der Waals surface area contributed by atoms with Crippen molar-refractivity contribution in [1.82, 2.24) is 4.90 Å². The second kappa shape index (κ2) is 4.19. The maximum absolute atomic E-state index is 13.5. The number of nitrogens with one attached hydrogen (secondary N) is 1. The quantitative estimate of drug-likeness (QED) is 0.821. The van der Waals surface area contributed by atoms with E-state index < -0.39 is 0 Å². The lowest BCUT2D eigenvalue weighted by Crippen LogP contribution is -2.39. The van der Waals surface area contributed by atoms with Gasteiger partial charge in [-0.15, -0.1) is 0 Å². The Labute approximate surface area is 90.1 Å². The van der Waals surface area contributed by atoms with Crippen LogP contribution < -0.4 is 5.32 Å². The Bertz CT molecular complexity index is 347. The Morgan fingerprint density at radius 1 is 1.40 bits per heavy atom. The van der Waals surface area contributed by atoms with E-state index in [1.165, 1.54) is 12.5 Å². The van der Waals surface area contributed by atoms with E-state index in [9.17, 15) is 4.39 Å². The van der Waals surface area contributed by atoms with Crippen molar-refractivity contribution in [2.45, 2.75) is 19.4 Å². The molecule has 15 heavy (non-hydrogen) atoms. The molecule has 0 unspecified atom stereocenters. The van der Waals surface area contributed by atoms with Gasteiger partial charge >= 0.3 is 0 Å². The molecule has 1 heterocycles. The van der Waals surface area contributed by atoms with E-state index in [1.807, 2.05) is 6.07 Å². The van der Waals surface area contributed by atoms with Crippen LogP contribution in [0.15, 0.2) is 18.2 Å². The molecule has 2 rings (SSSR count). The van der Waals surface area contributed by atoms with Crippen LogP contribution >= 0.6 is 0 Å². The smallest absolute Gasteiger partial charge is 0.146 e. The van der Waals surface area contributed by atoms with Gasteiger partial charge < -0.3 is 5.32 Å². The second-order valence-electron chi connectivity index (χ2n) is 4.02. The Hall–Kier alpha value is -1.09. The Morgan fingerprint density at radius 2 is 2.13 bits per heavy atom. The van der Waals surface area contributed by atoms with E-state index in [1.54, 1.807) is 13.1 Å². The summed E-state index contributed by atoms with van der Waals surface area (Å²) in [5, 5.41) is 2.95. The second-order valence-corrected chi connectivity index (χ2v) is 4.02. The number of anilines is 1. The number of hydrogen-bond acceptors (Lipinski definition) is 2. The minimum absolute atomic E-state index is 0.164. The van der Waals surface area contributed by atoms with Gasteiger partial charge in [0.1, 0.15) is 5.82 Å². The number of halogens is 1.